The molecule has 6 heterocycles. The van der Waals surface area contributed by atoms with Gasteiger partial charge in [0.15, 0.2) is 17.2 Å². The first-order chi connectivity index (χ1) is 21.4. The van der Waals surface area contributed by atoms with E-state index in [1.165, 1.54) is 6.07 Å². The highest BCUT2D eigenvalue weighted by atomic mass is 19.1. The lowest BCUT2D eigenvalue weighted by atomic mass is 9.94. The number of nitrogens with zero attached hydrogens (tertiary/aromatic N) is 6. The summed E-state index contributed by atoms with van der Waals surface area (Å²) in [5.41, 5.74) is 1.02. The van der Waals surface area contributed by atoms with Crippen LogP contribution in [0.2, 0.25) is 0 Å². The van der Waals surface area contributed by atoms with Crippen molar-refractivity contribution in [1.29, 1.82) is 0 Å². The molecule has 2 unspecified atom stereocenters. The Morgan fingerprint density at radius 2 is 1.98 bits per heavy atom. The van der Waals surface area contributed by atoms with E-state index in [2.05, 4.69) is 36.2 Å². The molecule has 10 nitrogen and oxygen atoms in total. The molecule has 4 fully saturated rings. The molecule has 0 saturated carbocycles. The number of nitrogens with one attached hydrogen (secondary N) is 1. The summed E-state index contributed by atoms with van der Waals surface area (Å²) in [6, 6.07) is 9.24. The van der Waals surface area contributed by atoms with Gasteiger partial charge < -0.3 is 24.8 Å². The molecule has 4 atom stereocenters. The van der Waals surface area contributed by atoms with Crippen LogP contribution < -0.4 is 15.0 Å². The maximum atomic E-state index is 16.8. The van der Waals surface area contributed by atoms with E-state index in [-0.39, 0.29) is 40.1 Å². The highest BCUT2D eigenvalue weighted by Gasteiger charge is 2.49. The number of anilines is 1. The SMILES string of the molecule is C#Cc1cccc2cc(O)cc(-c3nnc4c(N5CC6CCC(C5)N6)nc(OC[C@@]56CCCN5C[C@H](OC)C6)nc4c3F)c12. The average molecular weight is 596 g/mol. The minimum absolute atomic E-state index is 0.0255. The van der Waals surface area contributed by atoms with Gasteiger partial charge >= 0.3 is 6.01 Å². The smallest absolute Gasteiger partial charge is 0.319 e. The first kappa shape index (κ1) is 27.4. The number of phenols is 1. The predicted octanol–water partition coefficient (Wildman–Crippen LogP) is 3.64. The Morgan fingerprint density at radius 1 is 1.14 bits per heavy atom. The number of hydrogen-bond donors (Lipinski definition) is 2. The first-order valence-corrected chi connectivity index (χ1v) is 15.3. The summed E-state index contributed by atoms with van der Waals surface area (Å²) < 4.78 is 28.8. The number of hydrogen-bond acceptors (Lipinski definition) is 10. The van der Waals surface area contributed by atoms with Crippen molar-refractivity contribution in [3.05, 3.63) is 41.7 Å². The van der Waals surface area contributed by atoms with Crippen molar-refractivity contribution in [2.24, 2.45) is 0 Å². The number of methoxy groups -OCH3 is 1. The van der Waals surface area contributed by atoms with Crippen LogP contribution in [0.5, 0.6) is 11.8 Å². The number of aromatic nitrogens is 4. The number of fused-ring (bicyclic) bond motifs is 5. The molecule has 2 aromatic heterocycles. The lowest BCUT2D eigenvalue weighted by Gasteiger charge is -2.34. The highest BCUT2D eigenvalue weighted by Crippen LogP contribution is 2.41. The summed E-state index contributed by atoms with van der Waals surface area (Å²) in [5, 5.41) is 24.3. The predicted molar refractivity (Wildman–Crippen MR) is 164 cm³/mol. The van der Waals surface area contributed by atoms with Crippen LogP contribution in [0.15, 0.2) is 30.3 Å². The van der Waals surface area contributed by atoms with Crippen LogP contribution in [-0.2, 0) is 4.74 Å². The Morgan fingerprint density at radius 3 is 2.77 bits per heavy atom. The third-order valence-corrected chi connectivity index (χ3v) is 9.98. The molecule has 226 valence electrons. The molecule has 4 aliphatic rings. The zero-order valence-electron chi connectivity index (χ0n) is 24.6. The average Bonchev–Trinajstić information content (AvgIpc) is 3.70. The molecule has 0 amide bonds. The molecule has 0 aliphatic carbocycles. The van der Waals surface area contributed by atoms with Crippen LogP contribution in [0, 0.1) is 18.2 Å². The number of rotatable bonds is 6. The van der Waals surface area contributed by atoms with Gasteiger partial charge in [0.25, 0.3) is 0 Å². The van der Waals surface area contributed by atoms with Gasteiger partial charge in [-0.05, 0) is 62.2 Å². The molecule has 8 rings (SSSR count). The van der Waals surface area contributed by atoms with Crippen LogP contribution in [0.1, 0.15) is 37.7 Å². The molecular formula is C33H34FN7O3. The second-order valence-corrected chi connectivity index (χ2v) is 12.6. The van der Waals surface area contributed by atoms with Crippen LogP contribution in [-0.4, -0.2) is 93.8 Å². The monoisotopic (exact) mass is 595 g/mol. The van der Waals surface area contributed by atoms with Crippen LogP contribution in [0.4, 0.5) is 10.2 Å². The molecule has 0 radical (unpaired) electrons. The van der Waals surface area contributed by atoms with E-state index in [1.807, 2.05) is 6.07 Å². The fraction of sp³-hybridized carbons (Fsp3) is 0.455. The first-order valence-electron chi connectivity index (χ1n) is 15.3. The molecule has 2 aromatic carbocycles. The summed E-state index contributed by atoms with van der Waals surface area (Å²) in [7, 11) is 1.75. The summed E-state index contributed by atoms with van der Waals surface area (Å²) in [5.74, 6) is 2.50. The molecule has 11 heteroatoms. The van der Waals surface area contributed by atoms with Gasteiger partial charge in [0.05, 0.1) is 11.6 Å². The lowest BCUT2D eigenvalue weighted by Crippen LogP contribution is -2.51. The number of piperazine rings is 1. The van der Waals surface area contributed by atoms with Crippen molar-refractivity contribution in [3.8, 4) is 35.4 Å². The second-order valence-electron chi connectivity index (χ2n) is 12.6. The molecule has 4 aromatic rings. The molecule has 2 bridgehead atoms. The molecule has 4 aliphatic heterocycles. The van der Waals surface area contributed by atoms with Gasteiger partial charge in [-0.25, -0.2) is 4.39 Å². The van der Waals surface area contributed by atoms with Crippen molar-refractivity contribution in [2.75, 3.05) is 44.8 Å². The Balaban J connectivity index is 1.25. The Bertz CT molecular complexity index is 1820. The van der Waals surface area contributed by atoms with Crippen molar-refractivity contribution in [3.63, 3.8) is 0 Å². The largest absolute Gasteiger partial charge is 0.508 e. The number of terminal acetylenes is 1. The van der Waals surface area contributed by atoms with Gasteiger partial charge in [-0.1, -0.05) is 18.1 Å². The minimum atomic E-state index is -0.665. The van der Waals surface area contributed by atoms with E-state index >= 15 is 4.39 Å². The van der Waals surface area contributed by atoms with Gasteiger partial charge in [0, 0.05) is 55.3 Å². The number of halogens is 1. The van der Waals surface area contributed by atoms with Gasteiger partial charge in [-0.15, -0.1) is 16.6 Å². The van der Waals surface area contributed by atoms with E-state index < -0.39 is 5.82 Å². The van der Waals surface area contributed by atoms with Crippen molar-refractivity contribution >= 4 is 27.6 Å². The molecule has 2 N–H and O–H groups in total. The van der Waals surface area contributed by atoms with E-state index in [0.717, 1.165) is 58.3 Å². The van der Waals surface area contributed by atoms with Crippen LogP contribution in [0.3, 0.4) is 0 Å². The quantitative estimate of drug-likeness (QED) is 0.321. The second kappa shape index (κ2) is 10.5. The summed E-state index contributed by atoms with van der Waals surface area (Å²) in [6.45, 7) is 3.71. The van der Waals surface area contributed by atoms with Gasteiger partial charge in [0.1, 0.15) is 23.6 Å². The molecule has 0 spiro atoms. The third kappa shape index (κ3) is 4.43. The Labute approximate surface area is 254 Å². The number of aromatic hydroxyl groups is 1. The van der Waals surface area contributed by atoms with Crippen LogP contribution in [0.25, 0.3) is 33.1 Å². The lowest BCUT2D eigenvalue weighted by molar-refractivity contribution is 0.0997. The van der Waals surface area contributed by atoms with E-state index in [1.54, 1.807) is 25.3 Å². The van der Waals surface area contributed by atoms with Crippen molar-refractivity contribution in [2.45, 2.75) is 55.8 Å². The van der Waals surface area contributed by atoms with E-state index in [4.69, 9.17) is 20.9 Å². The van der Waals surface area contributed by atoms with Crippen LogP contribution >= 0.6 is 0 Å². The maximum Gasteiger partial charge on any atom is 0.319 e. The van der Waals surface area contributed by atoms with E-state index in [0.29, 0.717) is 46.4 Å². The topological polar surface area (TPSA) is 109 Å². The van der Waals surface area contributed by atoms with Gasteiger partial charge in [0.2, 0.25) is 0 Å². The fourth-order valence-electron chi connectivity index (χ4n) is 7.89. The van der Waals surface area contributed by atoms with Crippen molar-refractivity contribution < 1.29 is 19.0 Å². The van der Waals surface area contributed by atoms with Crippen molar-refractivity contribution in [1.82, 2.24) is 30.4 Å². The third-order valence-electron chi connectivity index (χ3n) is 9.98. The summed E-state index contributed by atoms with van der Waals surface area (Å²) in [4.78, 5) is 14.1. The van der Waals surface area contributed by atoms with E-state index in [9.17, 15) is 5.11 Å². The Hall–Kier alpha value is -4.11. The van der Waals surface area contributed by atoms with Gasteiger partial charge in [-0.2, -0.15) is 9.97 Å². The molecule has 44 heavy (non-hydrogen) atoms. The summed E-state index contributed by atoms with van der Waals surface area (Å²) in [6.07, 6.45) is 11.1. The highest BCUT2D eigenvalue weighted by molar-refractivity contribution is 6.02. The Kier molecular flexibility index (Phi) is 6.55. The number of ether oxygens (including phenoxy) is 2. The van der Waals surface area contributed by atoms with Gasteiger partial charge in [-0.3, -0.25) is 4.90 Å². The molecular weight excluding hydrogens is 561 g/mol. The fourth-order valence-corrected chi connectivity index (χ4v) is 7.89. The minimum Gasteiger partial charge on any atom is -0.508 e. The maximum absolute atomic E-state index is 16.8. The normalized spacial score (nSPS) is 26.4. The standard InChI is InChI=1S/C33H34FN7O3/c1-3-19-6-4-7-20-12-23(42)13-25(26(19)20)28-27(34)29-30(39-38-28)31(40-15-21-8-9-22(16-40)35-21)37-32(36-29)44-18-33-10-5-11-41(33)17-24(14-33)43-2/h1,4,6-7,12-13,21-22,24,35,42H,5,8-11,14-18H2,2H3/t21?,22?,24-,33+/m1/s1. The number of phenolic OH excluding ortho intramolecular Hbond substituents is 1. The zero-order chi connectivity index (χ0) is 30.0. The molecule has 4 saturated heterocycles. The zero-order valence-corrected chi connectivity index (χ0v) is 24.6. The summed E-state index contributed by atoms with van der Waals surface area (Å²) >= 11 is 0. The number of benzene rings is 2.